The largest absolute Gasteiger partial charge is 0.359 e. The number of aliphatic imine (C=N–C) groups is 1. The fourth-order valence-electron chi connectivity index (χ4n) is 1.46. The van der Waals surface area contributed by atoms with Crippen LogP contribution in [0.4, 0.5) is 0 Å². The normalized spacial score (nSPS) is 24.0. The maximum absolute atomic E-state index is 4.24. The topological polar surface area (TPSA) is 15.6 Å². The van der Waals surface area contributed by atoms with Gasteiger partial charge in [0.25, 0.3) is 0 Å². The first kappa shape index (κ1) is 9.04. The zero-order valence-corrected chi connectivity index (χ0v) is 7.88. The van der Waals surface area contributed by atoms with Gasteiger partial charge in [-0.3, -0.25) is 0 Å². The highest BCUT2D eigenvalue weighted by molar-refractivity contribution is 6.00. The Morgan fingerprint density at radius 3 is 3.00 bits per heavy atom. The van der Waals surface area contributed by atoms with Crippen molar-refractivity contribution in [3.05, 3.63) is 24.4 Å². The monoisotopic (exact) mass is 164 g/mol. The van der Waals surface area contributed by atoms with Gasteiger partial charge in [0.1, 0.15) is 5.84 Å². The van der Waals surface area contributed by atoms with Crippen LogP contribution in [-0.2, 0) is 0 Å². The van der Waals surface area contributed by atoms with Crippen molar-refractivity contribution in [1.29, 1.82) is 0 Å². The lowest BCUT2D eigenvalue weighted by Gasteiger charge is -2.09. The molecule has 1 fully saturated rings. The molecule has 0 unspecified atom stereocenters. The van der Waals surface area contributed by atoms with Gasteiger partial charge in [0, 0.05) is 19.8 Å². The van der Waals surface area contributed by atoms with Gasteiger partial charge in [-0.2, -0.15) is 0 Å². The molecule has 0 aromatic rings. The van der Waals surface area contributed by atoms with E-state index in [0.29, 0.717) is 0 Å². The molecule has 0 radical (unpaired) electrons. The molecule has 66 valence electrons. The van der Waals surface area contributed by atoms with Gasteiger partial charge in [0.05, 0.1) is 0 Å². The molecule has 0 N–H and O–H groups in total. The standard InChI is InChI=1S/C10H16N2/c1-4-6-9-7-8-12(3)10(9)11-5-2/h5-6H,2,4,7-8H2,1,3H3/b9-6-,11-10+. The summed E-state index contributed by atoms with van der Waals surface area (Å²) in [6, 6.07) is 0. The third-order valence-electron chi connectivity index (χ3n) is 2.03. The first-order chi connectivity index (χ1) is 5.79. The minimum atomic E-state index is 1.08. The van der Waals surface area contributed by atoms with Gasteiger partial charge >= 0.3 is 0 Å². The van der Waals surface area contributed by atoms with Crippen LogP contribution in [0.2, 0.25) is 0 Å². The Bertz CT molecular complexity index is 226. The number of rotatable bonds is 2. The Morgan fingerprint density at radius 2 is 2.42 bits per heavy atom. The molecule has 0 aliphatic carbocycles. The molecule has 1 aliphatic heterocycles. The van der Waals surface area contributed by atoms with Crippen molar-refractivity contribution >= 4 is 5.84 Å². The number of amidine groups is 1. The fourth-order valence-corrected chi connectivity index (χ4v) is 1.46. The Kier molecular flexibility index (Phi) is 3.09. The van der Waals surface area contributed by atoms with Crippen molar-refractivity contribution in [2.24, 2.45) is 4.99 Å². The van der Waals surface area contributed by atoms with Crippen molar-refractivity contribution < 1.29 is 0 Å². The van der Waals surface area contributed by atoms with Crippen LogP contribution in [0.5, 0.6) is 0 Å². The summed E-state index contributed by atoms with van der Waals surface area (Å²) >= 11 is 0. The highest BCUT2D eigenvalue weighted by atomic mass is 15.2. The molecule has 1 heterocycles. The molecule has 0 bridgehead atoms. The molecule has 0 atom stereocenters. The van der Waals surface area contributed by atoms with E-state index in [0.717, 1.165) is 25.2 Å². The van der Waals surface area contributed by atoms with Gasteiger partial charge in [0.2, 0.25) is 0 Å². The molecular weight excluding hydrogens is 148 g/mol. The van der Waals surface area contributed by atoms with E-state index in [1.54, 1.807) is 6.20 Å². The van der Waals surface area contributed by atoms with Gasteiger partial charge in [-0.05, 0) is 18.4 Å². The molecule has 0 spiro atoms. The summed E-state index contributed by atoms with van der Waals surface area (Å²) in [5.74, 6) is 1.09. The van der Waals surface area contributed by atoms with E-state index < -0.39 is 0 Å². The van der Waals surface area contributed by atoms with Crippen LogP contribution in [0.3, 0.4) is 0 Å². The maximum atomic E-state index is 4.24. The Labute approximate surface area is 74.3 Å². The summed E-state index contributed by atoms with van der Waals surface area (Å²) in [6.45, 7) is 6.84. The van der Waals surface area contributed by atoms with Gasteiger partial charge in [-0.15, -0.1) is 0 Å². The predicted octanol–water partition coefficient (Wildman–Crippen LogP) is 2.20. The van der Waals surface area contributed by atoms with E-state index in [-0.39, 0.29) is 0 Å². The van der Waals surface area contributed by atoms with E-state index >= 15 is 0 Å². The van der Waals surface area contributed by atoms with E-state index in [2.05, 4.69) is 36.5 Å². The Hall–Kier alpha value is -1.05. The quantitative estimate of drug-likeness (QED) is 0.611. The second-order valence-electron chi connectivity index (χ2n) is 2.94. The molecule has 12 heavy (non-hydrogen) atoms. The molecular formula is C10H16N2. The van der Waals surface area contributed by atoms with E-state index in [1.807, 2.05) is 0 Å². The van der Waals surface area contributed by atoms with E-state index in [1.165, 1.54) is 5.57 Å². The van der Waals surface area contributed by atoms with Crippen LogP contribution in [0.1, 0.15) is 19.8 Å². The van der Waals surface area contributed by atoms with E-state index in [4.69, 9.17) is 0 Å². The molecule has 0 saturated carbocycles. The molecule has 2 heteroatoms. The average molecular weight is 164 g/mol. The molecule has 1 aliphatic rings. The van der Waals surface area contributed by atoms with Crippen LogP contribution in [0, 0.1) is 0 Å². The van der Waals surface area contributed by atoms with Crippen LogP contribution in [0.15, 0.2) is 29.4 Å². The number of hydrogen-bond acceptors (Lipinski definition) is 1. The average Bonchev–Trinajstić information content (AvgIpc) is 2.37. The van der Waals surface area contributed by atoms with Crippen molar-refractivity contribution in [3.8, 4) is 0 Å². The van der Waals surface area contributed by atoms with Crippen molar-refractivity contribution in [2.75, 3.05) is 13.6 Å². The van der Waals surface area contributed by atoms with Crippen molar-refractivity contribution in [3.63, 3.8) is 0 Å². The first-order valence-electron chi connectivity index (χ1n) is 4.38. The third-order valence-corrected chi connectivity index (χ3v) is 2.03. The smallest absolute Gasteiger partial charge is 0.131 e. The minimum absolute atomic E-state index is 1.08. The van der Waals surface area contributed by atoms with Gasteiger partial charge < -0.3 is 4.90 Å². The predicted molar refractivity (Wildman–Crippen MR) is 53.3 cm³/mol. The number of likely N-dealkylation sites (tertiary alicyclic amines) is 1. The lowest BCUT2D eigenvalue weighted by Crippen LogP contribution is -2.19. The van der Waals surface area contributed by atoms with E-state index in [9.17, 15) is 0 Å². The summed E-state index contributed by atoms with van der Waals surface area (Å²) in [7, 11) is 2.07. The molecule has 0 aromatic carbocycles. The van der Waals surface area contributed by atoms with Gasteiger partial charge in [0.15, 0.2) is 0 Å². The van der Waals surface area contributed by atoms with Crippen molar-refractivity contribution in [2.45, 2.75) is 19.8 Å². The van der Waals surface area contributed by atoms with Gasteiger partial charge in [-0.25, -0.2) is 4.99 Å². The maximum Gasteiger partial charge on any atom is 0.131 e. The Balaban J connectivity index is 2.84. The summed E-state index contributed by atoms with van der Waals surface area (Å²) < 4.78 is 0. The van der Waals surface area contributed by atoms with Crippen LogP contribution in [-0.4, -0.2) is 24.3 Å². The second-order valence-corrected chi connectivity index (χ2v) is 2.94. The second kappa shape index (κ2) is 4.10. The lowest BCUT2D eigenvalue weighted by molar-refractivity contribution is 0.550. The molecule has 0 aromatic heterocycles. The zero-order valence-electron chi connectivity index (χ0n) is 7.88. The lowest BCUT2D eigenvalue weighted by atomic mass is 10.2. The molecule has 1 rings (SSSR count). The van der Waals surface area contributed by atoms with Crippen LogP contribution < -0.4 is 0 Å². The minimum Gasteiger partial charge on any atom is -0.359 e. The SMILES string of the molecule is C=C/N=C1\C(=C/CC)CCN1C. The molecule has 2 nitrogen and oxygen atoms in total. The number of likely N-dealkylation sites (N-methyl/N-ethyl adjacent to an activating group) is 1. The fraction of sp³-hybridized carbons (Fsp3) is 0.500. The summed E-state index contributed by atoms with van der Waals surface area (Å²) in [4.78, 5) is 6.41. The highest BCUT2D eigenvalue weighted by Gasteiger charge is 2.18. The number of allylic oxidation sites excluding steroid dienone is 1. The van der Waals surface area contributed by atoms with Crippen molar-refractivity contribution in [1.82, 2.24) is 4.90 Å². The first-order valence-corrected chi connectivity index (χ1v) is 4.38. The highest BCUT2D eigenvalue weighted by Crippen LogP contribution is 2.17. The van der Waals surface area contributed by atoms with Gasteiger partial charge in [-0.1, -0.05) is 19.6 Å². The number of nitrogens with zero attached hydrogens (tertiary/aromatic N) is 2. The summed E-state index contributed by atoms with van der Waals surface area (Å²) in [5.41, 5.74) is 1.36. The summed E-state index contributed by atoms with van der Waals surface area (Å²) in [5, 5.41) is 0. The molecule has 1 saturated heterocycles. The summed E-state index contributed by atoms with van der Waals surface area (Å²) in [6.07, 6.45) is 6.06. The zero-order chi connectivity index (χ0) is 8.97. The Morgan fingerprint density at radius 1 is 1.67 bits per heavy atom. The molecule has 0 amide bonds. The number of hydrogen-bond donors (Lipinski definition) is 0. The van der Waals surface area contributed by atoms with Crippen LogP contribution in [0.25, 0.3) is 0 Å². The third kappa shape index (κ3) is 1.76. The van der Waals surface area contributed by atoms with Crippen LogP contribution >= 0.6 is 0 Å².